The van der Waals surface area contributed by atoms with Gasteiger partial charge >= 0.3 is 6.09 Å². The second-order valence-corrected chi connectivity index (χ2v) is 13.5. The average Bonchev–Trinajstić information content (AvgIpc) is 3.31. The highest BCUT2D eigenvalue weighted by atomic mass is 35.5. The van der Waals surface area contributed by atoms with Crippen molar-refractivity contribution in [3.63, 3.8) is 0 Å². The Balaban J connectivity index is 1.98. The van der Waals surface area contributed by atoms with Crippen molar-refractivity contribution < 1.29 is 18.8 Å². The van der Waals surface area contributed by atoms with Crippen molar-refractivity contribution in [2.45, 2.75) is 70.8 Å². The average molecular weight is 530 g/mol. The van der Waals surface area contributed by atoms with Gasteiger partial charge in [0, 0.05) is 30.1 Å². The minimum absolute atomic E-state index is 0.00156. The van der Waals surface area contributed by atoms with Gasteiger partial charge in [0.1, 0.15) is 39.8 Å². The fourth-order valence-electron chi connectivity index (χ4n) is 4.37. The SMILES string of the molecule is C=CCOc1cc(Cl)c(Cl)cc1/C(=N/[S+]([O-])C(C)(C)C)C1CC2CC1CN2C(=O)OC(C)(C)C. The van der Waals surface area contributed by atoms with Crippen molar-refractivity contribution in [2.75, 3.05) is 13.2 Å². The number of halogens is 2. The zero-order valence-electron chi connectivity index (χ0n) is 20.7. The van der Waals surface area contributed by atoms with Gasteiger partial charge in [-0.25, -0.2) is 4.79 Å². The van der Waals surface area contributed by atoms with E-state index in [0.717, 1.165) is 6.42 Å². The van der Waals surface area contributed by atoms with Crippen LogP contribution in [-0.4, -0.2) is 50.8 Å². The number of rotatable bonds is 6. The summed E-state index contributed by atoms with van der Waals surface area (Å²) in [6, 6.07) is 3.44. The molecule has 2 aliphatic rings. The van der Waals surface area contributed by atoms with E-state index >= 15 is 0 Å². The van der Waals surface area contributed by atoms with Crippen LogP contribution < -0.4 is 4.74 Å². The Morgan fingerprint density at radius 1 is 1.24 bits per heavy atom. The van der Waals surface area contributed by atoms with Gasteiger partial charge in [0.05, 0.1) is 10.0 Å². The number of carbonyl (C=O) groups excluding carboxylic acids is 1. The van der Waals surface area contributed by atoms with Gasteiger partial charge in [-0.1, -0.05) is 40.3 Å². The first kappa shape index (κ1) is 27.2. The number of nitrogens with zero attached hydrogens (tertiary/aromatic N) is 2. The lowest BCUT2D eigenvalue weighted by Crippen LogP contribution is -2.44. The summed E-state index contributed by atoms with van der Waals surface area (Å²) in [6.45, 7) is 15.8. The molecule has 1 aromatic rings. The van der Waals surface area contributed by atoms with Crippen LogP contribution in [0.3, 0.4) is 0 Å². The fraction of sp³-hybridized carbons (Fsp3) is 0.600. The molecule has 1 aliphatic heterocycles. The number of likely N-dealkylation sites (tertiary alicyclic amines) is 1. The van der Waals surface area contributed by atoms with Crippen LogP contribution in [0.2, 0.25) is 10.0 Å². The van der Waals surface area contributed by atoms with Crippen molar-refractivity contribution in [2.24, 2.45) is 16.2 Å². The Morgan fingerprint density at radius 2 is 1.88 bits per heavy atom. The molecule has 2 fully saturated rings. The maximum Gasteiger partial charge on any atom is 0.410 e. The molecule has 1 saturated carbocycles. The molecule has 3 rings (SSSR count). The largest absolute Gasteiger partial charge is 0.591 e. The second kappa shape index (κ2) is 10.3. The minimum Gasteiger partial charge on any atom is -0.591 e. The molecule has 0 radical (unpaired) electrons. The van der Waals surface area contributed by atoms with Crippen LogP contribution >= 0.6 is 23.2 Å². The van der Waals surface area contributed by atoms with E-state index in [2.05, 4.69) is 6.58 Å². The number of hydrogen-bond acceptors (Lipinski definition) is 5. The summed E-state index contributed by atoms with van der Waals surface area (Å²) in [5.74, 6) is 0.680. The van der Waals surface area contributed by atoms with Gasteiger partial charge < -0.3 is 18.9 Å². The molecule has 1 amide bonds. The van der Waals surface area contributed by atoms with E-state index in [1.165, 1.54) is 0 Å². The van der Waals surface area contributed by atoms with Crippen molar-refractivity contribution in [1.82, 2.24) is 4.90 Å². The molecule has 6 nitrogen and oxygen atoms in total. The Labute approximate surface area is 216 Å². The molecule has 0 spiro atoms. The van der Waals surface area contributed by atoms with E-state index in [1.807, 2.05) is 46.4 Å². The monoisotopic (exact) mass is 528 g/mol. The molecule has 188 valence electrons. The van der Waals surface area contributed by atoms with Crippen LogP contribution in [0, 0.1) is 11.8 Å². The molecule has 9 heteroatoms. The summed E-state index contributed by atoms with van der Waals surface area (Å²) < 4.78 is 28.8. The Hall–Kier alpha value is -1.41. The molecule has 0 aromatic heterocycles. The van der Waals surface area contributed by atoms with Crippen LogP contribution in [-0.2, 0) is 16.1 Å². The second-order valence-electron chi connectivity index (χ2n) is 10.8. The topological polar surface area (TPSA) is 74.2 Å². The minimum atomic E-state index is -1.49. The smallest absolute Gasteiger partial charge is 0.410 e. The van der Waals surface area contributed by atoms with E-state index in [-0.39, 0.29) is 30.6 Å². The third-order valence-corrected chi connectivity index (χ3v) is 8.01. The molecule has 0 N–H and O–H groups in total. The Bertz CT molecular complexity index is 971. The number of piperidine rings is 1. The third-order valence-electron chi connectivity index (χ3n) is 5.88. The van der Waals surface area contributed by atoms with Crippen LogP contribution in [0.5, 0.6) is 5.75 Å². The number of fused-ring (bicyclic) bond motifs is 2. The molecule has 1 aromatic carbocycles. The van der Waals surface area contributed by atoms with E-state index < -0.39 is 21.7 Å². The summed E-state index contributed by atoms with van der Waals surface area (Å²) in [6.07, 6.45) is 2.90. The zero-order chi connectivity index (χ0) is 25.4. The first-order valence-corrected chi connectivity index (χ1v) is 13.3. The van der Waals surface area contributed by atoms with Crippen LogP contribution in [0.4, 0.5) is 4.79 Å². The Kier molecular flexibility index (Phi) is 8.23. The number of ether oxygens (including phenoxy) is 2. The number of benzene rings is 1. The van der Waals surface area contributed by atoms with E-state index in [9.17, 15) is 9.35 Å². The van der Waals surface area contributed by atoms with Crippen LogP contribution in [0.1, 0.15) is 59.9 Å². The van der Waals surface area contributed by atoms with E-state index in [0.29, 0.717) is 40.0 Å². The third kappa shape index (κ3) is 6.23. The predicted molar refractivity (Wildman–Crippen MR) is 140 cm³/mol. The quantitative estimate of drug-likeness (QED) is 0.241. The van der Waals surface area contributed by atoms with Crippen molar-refractivity contribution >= 4 is 46.4 Å². The highest BCUT2D eigenvalue weighted by Crippen LogP contribution is 2.46. The number of amides is 1. The Morgan fingerprint density at radius 3 is 2.41 bits per heavy atom. The highest BCUT2D eigenvalue weighted by Gasteiger charge is 2.50. The maximum atomic E-state index is 13.1. The highest BCUT2D eigenvalue weighted by molar-refractivity contribution is 7.91. The van der Waals surface area contributed by atoms with Gasteiger partial charge in [0.15, 0.2) is 0 Å². The molecule has 1 heterocycles. The number of carbonyl (C=O) groups is 1. The predicted octanol–water partition coefficient (Wildman–Crippen LogP) is 6.46. The molecular formula is C25H34Cl2N2O4S. The summed E-state index contributed by atoms with van der Waals surface area (Å²) >= 11 is 11.2. The van der Waals surface area contributed by atoms with Gasteiger partial charge in [-0.3, -0.25) is 0 Å². The summed E-state index contributed by atoms with van der Waals surface area (Å²) in [5.41, 5.74) is 0.809. The van der Waals surface area contributed by atoms with Crippen LogP contribution in [0.25, 0.3) is 0 Å². The molecule has 1 aliphatic carbocycles. The molecule has 34 heavy (non-hydrogen) atoms. The summed E-state index contributed by atoms with van der Waals surface area (Å²) in [5, 5.41) is 0.736. The van der Waals surface area contributed by atoms with Gasteiger partial charge in [0.25, 0.3) is 0 Å². The molecule has 1 saturated heterocycles. The maximum absolute atomic E-state index is 13.1. The van der Waals surface area contributed by atoms with Crippen molar-refractivity contribution in [3.8, 4) is 5.75 Å². The van der Waals surface area contributed by atoms with Gasteiger partial charge in [-0.15, -0.1) is 0 Å². The molecule has 4 unspecified atom stereocenters. The molecule has 4 atom stereocenters. The van der Waals surface area contributed by atoms with Crippen molar-refractivity contribution in [1.29, 1.82) is 0 Å². The van der Waals surface area contributed by atoms with Crippen LogP contribution in [0.15, 0.2) is 29.2 Å². The summed E-state index contributed by atoms with van der Waals surface area (Å²) in [7, 11) is 0. The fourth-order valence-corrected chi connectivity index (χ4v) is 5.38. The van der Waals surface area contributed by atoms with Gasteiger partial charge in [-0.2, -0.15) is 0 Å². The molecular weight excluding hydrogens is 495 g/mol. The van der Waals surface area contributed by atoms with E-state index in [1.54, 1.807) is 18.2 Å². The molecule has 2 bridgehead atoms. The van der Waals surface area contributed by atoms with Crippen molar-refractivity contribution in [3.05, 3.63) is 40.4 Å². The van der Waals surface area contributed by atoms with Gasteiger partial charge in [-0.05, 0) is 66.4 Å². The van der Waals surface area contributed by atoms with E-state index in [4.69, 9.17) is 37.1 Å². The lowest BCUT2D eigenvalue weighted by Gasteiger charge is -2.34. The lowest BCUT2D eigenvalue weighted by molar-refractivity contribution is 0.0178. The first-order valence-electron chi connectivity index (χ1n) is 11.4. The first-order chi connectivity index (χ1) is 15.7. The lowest BCUT2D eigenvalue weighted by atomic mass is 9.86. The summed E-state index contributed by atoms with van der Waals surface area (Å²) in [4.78, 5) is 14.5. The standard InChI is InChI=1S/C25H34Cl2N2O4S/c1-8-9-32-21-13-20(27)19(26)12-18(21)22(28-34(31)25(5,6)7)17-11-16-10-15(17)14-29(16)23(30)33-24(2,3)4/h8,12-13,15-17H,1,9-11,14H2,2-7H3/b28-22+. The zero-order valence-corrected chi connectivity index (χ0v) is 23.0. The number of hydrogen-bond donors (Lipinski definition) is 0. The normalized spacial score (nSPS) is 23.7. The van der Waals surface area contributed by atoms with Gasteiger partial charge in [0.2, 0.25) is 0 Å².